The molecule has 0 aliphatic heterocycles. The summed E-state index contributed by atoms with van der Waals surface area (Å²) in [6, 6.07) is 7.39. The maximum Gasteiger partial charge on any atom is 0.251 e. The van der Waals surface area contributed by atoms with Gasteiger partial charge in [0, 0.05) is 11.6 Å². The largest absolute Gasteiger partial charge is 0.497 e. The van der Waals surface area contributed by atoms with Crippen molar-refractivity contribution in [1.29, 1.82) is 0 Å². The second-order valence-electron chi connectivity index (χ2n) is 5.09. The molecule has 1 aliphatic carbocycles. The Balaban J connectivity index is 0.00000200. The quantitative estimate of drug-likeness (QED) is 0.897. The summed E-state index contributed by atoms with van der Waals surface area (Å²) in [7, 11) is 1.61. The van der Waals surface area contributed by atoms with Gasteiger partial charge in [-0.15, -0.1) is 12.4 Å². The number of methoxy groups -OCH3 is 1. The summed E-state index contributed by atoms with van der Waals surface area (Å²) < 4.78 is 5.09. The molecule has 2 unspecified atom stereocenters. The van der Waals surface area contributed by atoms with Gasteiger partial charge in [0.25, 0.3) is 5.91 Å². The Morgan fingerprint density at radius 2 is 1.95 bits per heavy atom. The lowest BCUT2D eigenvalue weighted by molar-refractivity contribution is 0.0908. The van der Waals surface area contributed by atoms with Crippen molar-refractivity contribution < 1.29 is 9.53 Å². The minimum Gasteiger partial charge on any atom is -0.497 e. The van der Waals surface area contributed by atoms with Crippen molar-refractivity contribution in [3.05, 3.63) is 29.8 Å². The van der Waals surface area contributed by atoms with Crippen LogP contribution < -0.4 is 15.8 Å². The van der Waals surface area contributed by atoms with Crippen LogP contribution in [0, 0.1) is 5.92 Å². The van der Waals surface area contributed by atoms with E-state index in [4.69, 9.17) is 10.5 Å². The molecule has 0 aromatic heterocycles. The lowest BCUT2D eigenvalue weighted by Crippen LogP contribution is -2.44. The number of rotatable bonds is 4. The number of ether oxygens (including phenoxy) is 1. The van der Waals surface area contributed by atoms with Gasteiger partial charge in [0.1, 0.15) is 5.75 Å². The highest BCUT2D eigenvalue weighted by Crippen LogP contribution is 2.24. The van der Waals surface area contributed by atoms with E-state index in [1.54, 1.807) is 31.4 Å². The zero-order chi connectivity index (χ0) is 13.7. The standard InChI is InChI=1S/C15H22N2O2.ClH/c1-19-13-8-6-11(7-9-13)15(18)17-14-5-3-2-4-12(14)10-16;/h6-9,12,14H,2-5,10,16H2,1H3,(H,17,18);1H. The maximum atomic E-state index is 12.2. The molecule has 1 saturated carbocycles. The fourth-order valence-corrected chi connectivity index (χ4v) is 2.67. The van der Waals surface area contributed by atoms with Gasteiger partial charge < -0.3 is 15.8 Å². The molecule has 1 amide bonds. The van der Waals surface area contributed by atoms with Crippen LogP contribution in [-0.4, -0.2) is 25.6 Å². The van der Waals surface area contributed by atoms with Gasteiger partial charge in [-0.2, -0.15) is 0 Å². The predicted octanol–water partition coefficient (Wildman–Crippen LogP) is 2.36. The fourth-order valence-electron chi connectivity index (χ4n) is 2.67. The summed E-state index contributed by atoms with van der Waals surface area (Å²) in [4.78, 5) is 12.2. The molecule has 112 valence electrons. The topological polar surface area (TPSA) is 64.3 Å². The summed E-state index contributed by atoms with van der Waals surface area (Å²) in [5, 5.41) is 3.11. The molecule has 2 atom stereocenters. The van der Waals surface area contributed by atoms with E-state index in [0.717, 1.165) is 18.6 Å². The number of hydrogen-bond acceptors (Lipinski definition) is 3. The first-order valence-electron chi connectivity index (χ1n) is 6.89. The van der Waals surface area contributed by atoms with E-state index < -0.39 is 0 Å². The summed E-state index contributed by atoms with van der Waals surface area (Å²) in [5.74, 6) is 1.15. The van der Waals surface area contributed by atoms with Crippen molar-refractivity contribution in [3.8, 4) is 5.75 Å². The van der Waals surface area contributed by atoms with Crippen molar-refractivity contribution in [1.82, 2.24) is 5.32 Å². The van der Waals surface area contributed by atoms with Crippen molar-refractivity contribution in [2.75, 3.05) is 13.7 Å². The van der Waals surface area contributed by atoms with Crippen molar-refractivity contribution in [2.45, 2.75) is 31.7 Å². The highest BCUT2D eigenvalue weighted by Gasteiger charge is 2.25. The molecule has 4 nitrogen and oxygen atoms in total. The van der Waals surface area contributed by atoms with Crippen molar-refractivity contribution >= 4 is 18.3 Å². The van der Waals surface area contributed by atoms with Gasteiger partial charge in [0.15, 0.2) is 0 Å². The van der Waals surface area contributed by atoms with Crippen LogP contribution in [0.2, 0.25) is 0 Å². The summed E-state index contributed by atoms with van der Waals surface area (Å²) >= 11 is 0. The van der Waals surface area contributed by atoms with Gasteiger partial charge in [0.05, 0.1) is 7.11 Å². The van der Waals surface area contributed by atoms with Gasteiger partial charge in [-0.1, -0.05) is 12.8 Å². The number of benzene rings is 1. The first-order chi connectivity index (χ1) is 9.24. The van der Waals surface area contributed by atoms with Crippen LogP contribution in [0.4, 0.5) is 0 Å². The van der Waals surface area contributed by atoms with Crippen LogP contribution in [0.5, 0.6) is 5.75 Å². The number of amides is 1. The number of carbonyl (C=O) groups is 1. The molecule has 3 N–H and O–H groups in total. The third-order valence-corrected chi connectivity index (χ3v) is 3.88. The molecule has 1 fully saturated rings. The highest BCUT2D eigenvalue weighted by molar-refractivity contribution is 5.94. The smallest absolute Gasteiger partial charge is 0.251 e. The van der Waals surface area contributed by atoms with E-state index in [9.17, 15) is 4.79 Å². The Morgan fingerprint density at radius 3 is 2.55 bits per heavy atom. The zero-order valence-electron chi connectivity index (χ0n) is 11.8. The van der Waals surface area contributed by atoms with Crippen LogP contribution >= 0.6 is 12.4 Å². The molecule has 0 spiro atoms. The van der Waals surface area contributed by atoms with Gasteiger partial charge >= 0.3 is 0 Å². The molecular weight excluding hydrogens is 276 g/mol. The minimum absolute atomic E-state index is 0. The monoisotopic (exact) mass is 298 g/mol. The minimum atomic E-state index is -0.0204. The molecule has 0 radical (unpaired) electrons. The Hall–Kier alpha value is -1.26. The van der Waals surface area contributed by atoms with E-state index in [-0.39, 0.29) is 24.4 Å². The lowest BCUT2D eigenvalue weighted by Gasteiger charge is -2.31. The van der Waals surface area contributed by atoms with Crippen LogP contribution in [0.1, 0.15) is 36.0 Å². The van der Waals surface area contributed by atoms with E-state index in [0.29, 0.717) is 18.0 Å². The number of nitrogens with two attached hydrogens (primary N) is 1. The first kappa shape index (κ1) is 16.8. The number of carbonyl (C=O) groups excluding carboxylic acids is 1. The van der Waals surface area contributed by atoms with Crippen molar-refractivity contribution in [3.63, 3.8) is 0 Å². The molecule has 20 heavy (non-hydrogen) atoms. The molecule has 0 bridgehead atoms. The molecule has 1 aromatic rings. The third kappa shape index (κ3) is 4.12. The van der Waals surface area contributed by atoms with Crippen LogP contribution in [0.15, 0.2) is 24.3 Å². The third-order valence-electron chi connectivity index (χ3n) is 3.88. The van der Waals surface area contributed by atoms with Crippen LogP contribution in [-0.2, 0) is 0 Å². The zero-order valence-corrected chi connectivity index (χ0v) is 12.6. The number of hydrogen-bond donors (Lipinski definition) is 2. The van der Waals surface area contributed by atoms with Crippen LogP contribution in [0.25, 0.3) is 0 Å². The number of nitrogens with one attached hydrogen (secondary N) is 1. The SMILES string of the molecule is COc1ccc(C(=O)NC2CCCCC2CN)cc1.Cl. The second-order valence-corrected chi connectivity index (χ2v) is 5.09. The molecule has 0 saturated heterocycles. The molecule has 1 aromatic carbocycles. The normalized spacial score (nSPS) is 21.7. The Labute approximate surface area is 126 Å². The molecule has 0 heterocycles. The van der Waals surface area contributed by atoms with E-state index in [1.807, 2.05) is 0 Å². The highest BCUT2D eigenvalue weighted by atomic mass is 35.5. The summed E-state index contributed by atoms with van der Waals surface area (Å²) in [6.07, 6.45) is 4.54. The molecular formula is C15H23ClN2O2. The summed E-state index contributed by atoms with van der Waals surface area (Å²) in [6.45, 7) is 0.646. The Bertz CT molecular complexity index is 422. The predicted molar refractivity (Wildman–Crippen MR) is 82.5 cm³/mol. The molecule has 5 heteroatoms. The van der Waals surface area contributed by atoms with Crippen LogP contribution in [0.3, 0.4) is 0 Å². The Morgan fingerprint density at radius 1 is 1.30 bits per heavy atom. The van der Waals surface area contributed by atoms with E-state index in [2.05, 4.69) is 5.32 Å². The van der Waals surface area contributed by atoms with E-state index >= 15 is 0 Å². The average molecular weight is 299 g/mol. The lowest BCUT2D eigenvalue weighted by atomic mass is 9.84. The molecule has 2 rings (SSSR count). The second kappa shape index (κ2) is 8.12. The molecule has 1 aliphatic rings. The average Bonchev–Trinajstić information content (AvgIpc) is 2.48. The van der Waals surface area contributed by atoms with E-state index in [1.165, 1.54) is 12.8 Å². The Kier molecular flexibility index (Phi) is 6.82. The van der Waals surface area contributed by atoms with Gasteiger partial charge in [-0.3, -0.25) is 4.79 Å². The van der Waals surface area contributed by atoms with Gasteiger partial charge in [0.2, 0.25) is 0 Å². The van der Waals surface area contributed by atoms with Gasteiger partial charge in [-0.25, -0.2) is 0 Å². The maximum absolute atomic E-state index is 12.2. The van der Waals surface area contributed by atoms with Crippen molar-refractivity contribution in [2.24, 2.45) is 11.7 Å². The fraction of sp³-hybridized carbons (Fsp3) is 0.533. The van der Waals surface area contributed by atoms with Gasteiger partial charge in [-0.05, 0) is 49.6 Å². The first-order valence-corrected chi connectivity index (χ1v) is 6.89. The number of halogens is 1. The summed E-state index contributed by atoms with van der Waals surface area (Å²) in [5.41, 5.74) is 6.45.